The highest BCUT2D eigenvalue weighted by atomic mass is 32.2. The first kappa shape index (κ1) is 13.1. The average Bonchev–Trinajstić information content (AvgIpc) is 2.45. The van der Waals surface area contributed by atoms with E-state index in [0.29, 0.717) is 0 Å². The van der Waals surface area contributed by atoms with Crippen LogP contribution < -0.4 is 4.65 Å². The lowest BCUT2D eigenvalue weighted by molar-refractivity contribution is 0.593. The van der Waals surface area contributed by atoms with Gasteiger partial charge in [-0.05, 0) is 36.1 Å². The lowest BCUT2D eigenvalue weighted by Crippen LogP contribution is -1.98. The van der Waals surface area contributed by atoms with Gasteiger partial charge in [0.05, 0.1) is 5.75 Å². The van der Waals surface area contributed by atoms with Crippen molar-refractivity contribution in [3.8, 4) is 5.75 Å². The molecule has 1 radical (unpaired) electrons. The number of hydrogen-bond acceptors (Lipinski definition) is 2. The van der Waals surface area contributed by atoms with Crippen LogP contribution in [0.25, 0.3) is 0 Å². The molecule has 0 fully saturated rings. The number of thioether (sulfide) groups is 1. The van der Waals surface area contributed by atoms with Crippen molar-refractivity contribution in [2.75, 3.05) is 0 Å². The molecule has 0 heterocycles. The Hall–Kier alpha value is -1.35. The van der Waals surface area contributed by atoms with Gasteiger partial charge in [-0.25, -0.2) is 0 Å². The largest absolute Gasteiger partial charge is 0.563 e. The van der Waals surface area contributed by atoms with Crippen LogP contribution in [-0.4, -0.2) is 7.48 Å². The van der Waals surface area contributed by atoms with Crippen molar-refractivity contribution < 1.29 is 4.65 Å². The summed E-state index contributed by atoms with van der Waals surface area (Å²) in [6.07, 6.45) is 0.921. The second-order valence-electron chi connectivity index (χ2n) is 3.94. The van der Waals surface area contributed by atoms with Crippen LogP contribution in [-0.2, 0) is 5.75 Å². The predicted octanol–water partition coefficient (Wildman–Crippen LogP) is 4.42. The van der Waals surface area contributed by atoms with E-state index < -0.39 is 0 Å². The van der Waals surface area contributed by atoms with E-state index >= 15 is 0 Å². The summed E-state index contributed by atoms with van der Waals surface area (Å²) < 4.78 is 5.44. The van der Waals surface area contributed by atoms with Gasteiger partial charge < -0.3 is 4.65 Å². The first-order valence-electron chi connectivity index (χ1n) is 6.13. The van der Waals surface area contributed by atoms with Gasteiger partial charge >= 0.3 is 7.48 Å². The van der Waals surface area contributed by atoms with E-state index in [-0.39, 0.29) is 0 Å². The first-order chi connectivity index (χ1) is 8.88. The third kappa shape index (κ3) is 4.15. The Balaban J connectivity index is 1.86. The Morgan fingerprint density at radius 1 is 1.00 bits per heavy atom. The van der Waals surface area contributed by atoms with Crippen LogP contribution in [0.1, 0.15) is 12.5 Å². The molecular formula is C15H16BOS. The van der Waals surface area contributed by atoms with Gasteiger partial charge in [0.25, 0.3) is 0 Å². The number of hydrogen-bond donors (Lipinski definition) is 0. The molecule has 0 unspecified atom stereocenters. The van der Waals surface area contributed by atoms with E-state index in [1.54, 1.807) is 0 Å². The minimum absolute atomic E-state index is 0.904. The minimum atomic E-state index is 0.904. The number of rotatable bonds is 6. The standard InChI is InChI=1S/C15H16BOS/c1-2-16-17-14-8-10-15(11-9-14)18-12-13-6-4-3-5-7-13/h3-11H,2,12H2,1H3. The SMILES string of the molecule is CC[B]Oc1ccc(SCc2ccccc2)cc1. The zero-order valence-electron chi connectivity index (χ0n) is 10.5. The Kier molecular flexibility index (Phi) is 5.22. The molecule has 2 aromatic carbocycles. The lowest BCUT2D eigenvalue weighted by atomic mass is 9.97. The van der Waals surface area contributed by atoms with Crippen molar-refractivity contribution in [3.05, 3.63) is 60.2 Å². The fourth-order valence-corrected chi connectivity index (χ4v) is 2.39. The summed E-state index contributed by atoms with van der Waals surface area (Å²) in [6.45, 7) is 2.06. The highest BCUT2D eigenvalue weighted by Crippen LogP contribution is 2.24. The second-order valence-corrected chi connectivity index (χ2v) is 4.99. The van der Waals surface area contributed by atoms with Crippen LogP contribution >= 0.6 is 11.8 Å². The number of benzene rings is 2. The topological polar surface area (TPSA) is 9.23 Å². The maximum atomic E-state index is 5.44. The molecule has 0 saturated heterocycles. The van der Waals surface area contributed by atoms with Crippen molar-refractivity contribution in [3.63, 3.8) is 0 Å². The predicted molar refractivity (Wildman–Crippen MR) is 79.3 cm³/mol. The molecule has 18 heavy (non-hydrogen) atoms. The first-order valence-corrected chi connectivity index (χ1v) is 7.12. The summed E-state index contributed by atoms with van der Waals surface area (Å²) in [6, 6.07) is 18.7. The van der Waals surface area contributed by atoms with Crippen molar-refractivity contribution in [2.45, 2.75) is 23.9 Å². The van der Waals surface area contributed by atoms with Crippen LogP contribution in [0.4, 0.5) is 0 Å². The summed E-state index contributed by atoms with van der Waals surface area (Å²) in [7, 11) is 1.81. The quantitative estimate of drug-likeness (QED) is 0.558. The van der Waals surface area contributed by atoms with E-state index in [2.05, 4.69) is 43.3 Å². The molecule has 0 aliphatic carbocycles. The fourth-order valence-electron chi connectivity index (χ4n) is 1.53. The van der Waals surface area contributed by atoms with Gasteiger partial charge in [-0.15, -0.1) is 11.8 Å². The van der Waals surface area contributed by atoms with Gasteiger partial charge in [0, 0.05) is 10.6 Å². The van der Waals surface area contributed by atoms with Crippen molar-refractivity contribution >= 4 is 19.2 Å². The van der Waals surface area contributed by atoms with Gasteiger partial charge in [0.1, 0.15) is 0 Å². The third-order valence-electron chi connectivity index (χ3n) is 2.46. The van der Waals surface area contributed by atoms with E-state index in [0.717, 1.165) is 17.8 Å². The van der Waals surface area contributed by atoms with E-state index in [4.69, 9.17) is 4.65 Å². The molecule has 0 aliphatic rings. The molecule has 1 nitrogen and oxygen atoms in total. The van der Waals surface area contributed by atoms with Gasteiger partial charge in [-0.3, -0.25) is 0 Å². The minimum Gasteiger partial charge on any atom is -0.563 e. The molecule has 2 rings (SSSR count). The van der Waals surface area contributed by atoms with Crippen LogP contribution in [0.15, 0.2) is 59.5 Å². The Morgan fingerprint density at radius 3 is 2.39 bits per heavy atom. The van der Waals surface area contributed by atoms with Gasteiger partial charge in [-0.1, -0.05) is 37.3 Å². The molecule has 0 bridgehead atoms. The Bertz CT molecular complexity index is 456. The highest BCUT2D eigenvalue weighted by molar-refractivity contribution is 7.98. The average molecular weight is 255 g/mol. The zero-order valence-corrected chi connectivity index (χ0v) is 11.3. The normalized spacial score (nSPS) is 10.1. The van der Waals surface area contributed by atoms with Gasteiger partial charge in [0.15, 0.2) is 0 Å². The second kappa shape index (κ2) is 7.17. The molecule has 2 aromatic rings. The molecule has 91 valence electrons. The molecule has 0 amide bonds. The summed E-state index contributed by atoms with van der Waals surface area (Å²) in [5.41, 5.74) is 1.35. The van der Waals surface area contributed by atoms with Gasteiger partial charge in [-0.2, -0.15) is 0 Å². The Morgan fingerprint density at radius 2 is 1.72 bits per heavy atom. The molecule has 0 N–H and O–H groups in total. The monoisotopic (exact) mass is 255 g/mol. The smallest absolute Gasteiger partial charge is 0.369 e. The Labute approximate surface area is 114 Å². The molecule has 0 atom stereocenters. The summed E-state index contributed by atoms with van der Waals surface area (Å²) in [5.74, 6) is 1.91. The molecule has 0 spiro atoms. The fraction of sp³-hybridized carbons (Fsp3) is 0.200. The zero-order chi connectivity index (χ0) is 12.6. The van der Waals surface area contributed by atoms with Crippen molar-refractivity contribution in [1.82, 2.24) is 0 Å². The molecule has 3 heteroatoms. The van der Waals surface area contributed by atoms with E-state index in [1.807, 2.05) is 37.4 Å². The lowest BCUT2D eigenvalue weighted by Gasteiger charge is -2.05. The van der Waals surface area contributed by atoms with Crippen LogP contribution in [0.2, 0.25) is 6.32 Å². The molecule has 0 saturated carbocycles. The highest BCUT2D eigenvalue weighted by Gasteiger charge is 1.98. The van der Waals surface area contributed by atoms with E-state index in [1.165, 1.54) is 10.5 Å². The van der Waals surface area contributed by atoms with Crippen LogP contribution in [0, 0.1) is 0 Å². The molecule has 0 aromatic heterocycles. The van der Waals surface area contributed by atoms with Gasteiger partial charge in [0.2, 0.25) is 0 Å². The summed E-state index contributed by atoms with van der Waals surface area (Å²) in [4.78, 5) is 1.27. The third-order valence-corrected chi connectivity index (χ3v) is 3.54. The van der Waals surface area contributed by atoms with Crippen LogP contribution in [0.5, 0.6) is 5.75 Å². The molecular weight excluding hydrogens is 239 g/mol. The molecule has 0 aliphatic heterocycles. The van der Waals surface area contributed by atoms with Crippen molar-refractivity contribution in [1.29, 1.82) is 0 Å². The summed E-state index contributed by atoms with van der Waals surface area (Å²) >= 11 is 1.84. The van der Waals surface area contributed by atoms with Crippen molar-refractivity contribution in [2.24, 2.45) is 0 Å². The van der Waals surface area contributed by atoms with E-state index in [9.17, 15) is 0 Å². The summed E-state index contributed by atoms with van der Waals surface area (Å²) in [5, 5.41) is 0. The maximum Gasteiger partial charge on any atom is 0.369 e. The van der Waals surface area contributed by atoms with Crippen LogP contribution in [0.3, 0.4) is 0 Å². The maximum absolute atomic E-state index is 5.44.